The Labute approximate surface area is 130 Å². The number of nitrogens with one attached hydrogen (secondary N) is 2. The Kier molecular flexibility index (Phi) is 4.88. The first-order valence-electron chi connectivity index (χ1n) is 6.37. The fourth-order valence-electron chi connectivity index (χ4n) is 1.57. The normalized spacial score (nSPS) is 10.5. The second kappa shape index (κ2) is 7.03. The van der Waals surface area contributed by atoms with E-state index in [-0.39, 0.29) is 22.7 Å². The monoisotopic (exact) mass is 317 g/mol. The summed E-state index contributed by atoms with van der Waals surface area (Å²) in [4.78, 5) is 23.1. The Morgan fingerprint density at radius 3 is 2.39 bits per heavy atom. The van der Waals surface area contributed by atoms with Crippen molar-refractivity contribution >= 4 is 23.7 Å². The molecule has 0 unspecified atom stereocenters. The fourth-order valence-corrected chi connectivity index (χ4v) is 1.57. The third-order valence-electron chi connectivity index (χ3n) is 2.69. The highest BCUT2D eigenvalue weighted by molar-refractivity contribution is 6.39. The molecule has 7 nitrogen and oxygen atoms in total. The molecule has 0 aromatic heterocycles. The standard InChI is InChI=1S/C15H12FN3O4/c16-10-2-4-11(5-3-10)18-14(22)15(23)19-17-8-9-1-6-12(20)7-13(9)21/h1-8,20-21H,(H,18,22)(H,19,23). The maximum absolute atomic E-state index is 12.7. The Bertz CT molecular complexity index is 760. The zero-order chi connectivity index (χ0) is 16.8. The summed E-state index contributed by atoms with van der Waals surface area (Å²) in [7, 11) is 0. The molecule has 0 saturated carbocycles. The highest BCUT2D eigenvalue weighted by atomic mass is 19.1. The van der Waals surface area contributed by atoms with Gasteiger partial charge in [-0.25, -0.2) is 9.82 Å². The molecule has 0 saturated heterocycles. The van der Waals surface area contributed by atoms with Crippen LogP contribution in [0.4, 0.5) is 10.1 Å². The van der Waals surface area contributed by atoms with Crippen molar-refractivity contribution in [1.82, 2.24) is 5.43 Å². The fraction of sp³-hybridized carbons (Fsp3) is 0. The Balaban J connectivity index is 1.92. The van der Waals surface area contributed by atoms with Gasteiger partial charge in [0.2, 0.25) is 0 Å². The maximum atomic E-state index is 12.7. The number of rotatable bonds is 3. The van der Waals surface area contributed by atoms with Crippen LogP contribution in [0.3, 0.4) is 0 Å². The summed E-state index contributed by atoms with van der Waals surface area (Å²) in [5.41, 5.74) is 2.47. The van der Waals surface area contributed by atoms with Gasteiger partial charge in [-0.15, -0.1) is 0 Å². The van der Waals surface area contributed by atoms with E-state index in [2.05, 4.69) is 10.4 Å². The van der Waals surface area contributed by atoms with E-state index in [1.807, 2.05) is 5.43 Å². The Morgan fingerprint density at radius 2 is 1.74 bits per heavy atom. The molecule has 4 N–H and O–H groups in total. The first-order chi connectivity index (χ1) is 11.0. The number of benzene rings is 2. The van der Waals surface area contributed by atoms with Crippen LogP contribution in [-0.2, 0) is 9.59 Å². The minimum atomic E-state index is -1.04. The van der Waals surface area contributed by atoms with Crippen LogP contribution in [-0.4, -0.2) is 28.2 Å². The van der Waals surface area contributed by atoms with E-state index in [0.29, 0.717) is 0 Å². The van der Waals surface area contributed by atoms with Gasteiger partial charge in [0.15, 0.2) is 0 Å². The molecule has 0 atom stereocenters. The minimum absolute atomic E-state index is 0.123. The van der Waals surface area contributed by atoms with Crippen LogP contribution in [0.15, 0.2) is 47.6 Å². The van der Waals surface area contributed by atoms with E-state index in [1.165, 1.54) is 24.3 Å². The number of phenols is 2. The van der Waals surface area contributed by atoms with Crippen LogP contribution in [0.5, 0.6) is 11.5 Å². The molecule has 0 aliphatic carbocycles. The predicted molar refractivity (Wildman–Crippen MR) is 80.5 cm³/mol. The number of hydrogen-bond acceptors (Lipinski definition) is 5. The van der Waals surface area contributed by atoms with Crippen molar-refractivity contribution in [3.05, 3.63) is 53.8 Å². The van der Waals surface area contributed by atoms with Gasteiger partial charge in [-0.2, -0.15) is 5.10 Å². The second-order valence-electron chi connectivity index (χ2n) is 4.40. The van der Waals surface area contributed by atoms with Crippen molar-refractivity contribution in [1.29, 1.82) is 0 Å². The molecule has 0 aliphatic rings. The molecule has 2 rings (SSSR count). The molecule has 2 amide bonds. The van der Waals surface area contributed by atoms with E-state index >= 15 is 0 Å². The molecule has 2 aromatic rings. The number of hydrogen-bond donors (Lipinski definition) is 4. The lowest BCUT2D eigenvalue weighted by Gasteiger charge is -2.03. The molecule has 2 aromatic carbocycles. The molecule has 8 heteroatoms. The number of carbonyl (C=O) groups is 2. The van der Waals surface area contributed by atoms with E-state index < -0.39 is 17.6 Å². The smallest absolute Gasteiger partial charge is 0.329 e. The van der Waals surface area contributed by atoms with Crippen LogP contribution in [0, 0.1) is 5.82 Å². The van der Waals surface area contributed by atoms with Gasteiger partial charge >= 0.3 is 11.8 Å². The highest BCUT2D eigenvalue weighted by Gasteiger charge is 2.12. The number of phenolic OH excluding ortho intramolecular Hbond substituents is 2. The van der Waals surface area contributed by atoms with Gasteiger partial charge in [-0.05, 0) is 36.4 Å². The predicted octanol–water partition coefficient (Wildman–Crippen LogP) is 1.33. The summed E-state index contributed by atoms with van der Waals surface area (Å²) in [6.45, 7) is 0. The van der Waals surface area contributed by atoms with Gasteiger partial charge in [0, 0.05) is 17.3 Å². The van der Waals surface area contributed by atoms with Crippen LogP contribution in [0.2, 0.25) is 0 Å². The second-order valence-corrected chi connectivity index (χ2v) is 4.40. The quantitative estimate of drug-likeness (QED) is 0.389. The molecule has 118 valence electrons. The topological polar surface area (TPSA) is 111 Å². The van der Waals surface area contributed by atoms with E-state index in [9.17, 15) is 19.1 Å². The lowest BCUT2D eigenvalue weighted by atomic mass is 10.2. The molecular formula is C15H12FN3O4. The summed E-state index contributed by atoms with van der Waals surface area (Å²) in [5, 5.41) is 24.4. The first-order valence-corrected chi connectivity index (χ1v) is 6.37. The molecule has 0 heterocycles. The largest absolute Gasteiger partial charge is 0.508 e. The molecule has 0 aliphatic heterocycles. The summed E-state index contributed by atoms with van der Waals surface area (Å²) in [5.74, 6) is -2.85. The molecule has 23 heavy (non-hydrogen) atoms. The van der Waals surface area contributed by atoms with Crippen LogP contribution >= 0.6 is 0 Å². The number of halogens is 1. The Morgan fingerprint density at radius 1 is 1.04 bits per heavy atom. The number of anilines is 1. The number of nitrogens with zero attached hydrogens (tertiary/aromatic N) is 1. The van der Waals surface area contributed by atoms with Crippen molar-refractivity contribution in [3.63, 3.8) is 0 Å². The molecular weight excluding hydrogens is 305 g/mol. The SMILES string of the molecule is O=C(NN=Cc1ccc(O)cc1O)C(=O)Nc1ccc(F)cc1. The van der Waals surface area contributed by atoms with E-state index in [0.717, 1.165) is 24.4 Å². The lowest BCUT2D eigenvalue weighted by Crippen LogP contribution is -2.32. The van der Waals surface area contributed by atoms with Gasteiger partial charge in [-0.3, -0.25) is 9.59 Å². The zero-order valence-corrected chi connectivity index (χ0v) is 11.7. The van der Waals surface area contributed by atoms with Crippen molar-refractivity contribution < 1.29 is 24.2 Å². The van der Waals surface area contributed by atoms with Crippen molar-refractivity contribution in [2.75, 3.05) is 5.32 Å². The van der Waals surface area contributed by atoms with Crippen molar-refractivity contribution in [2.45, 2.75) is 0 Å². The van der Waals surface area contributed by atoms with Gasteiger partial charge in [-0.1, -0.05) is 0 Å². The molecule has 0 radical (unpaired) electrons. The van der Waals surface area contributed by atoms with Gasteiger partial charge < -0.3 is 15.5 Å². The van der Waals surface area contributed by atoms with Crippen molar-refractivity contribution in [3.8, 4) is 11.5 Å². The van der Waals surface area contributed by atoms with E-state index in [1.54, 1.807) is 0 Å². The van der Waals surface area contributed by atoms with Crippen molar-refractivity contribution in [2.24, 2.45) is 5.10 Å². The number of carbonyl (C=O) groups excluding carboxylic acids is 2. The van der Waals surface area contributed by atoms with Gasteiger partial charge in [0.25, 0.3) is 0 Å². The van der Waals surface area contributed by atoms with Gasteiger partial charge in [0.05, 0.1) is 6.21 Å². The summed E-state index contributed by atoms with van der Waals surface area (Å²) >= 11 is 0. The summed E-state index contributed by atoms with van der Waals surface area (Å²) in [6.07, 6.45) is 1.11. The number of amides is 2. The lowest BCUT2D eigenvalue weighted by molar-refractivity contribution is -0.136. The molecule has 0 spiro atoms. The van der Waals surface area contributed by atoms with Gasteiger partial charge in [0.1, 0.15) is 17.3 Å². The number of hydrazone groups is 1. The van der Waals surface area contributed by atoms with Crippen LogP contribution in [0.1, 0.15) is 5.56 Å². The third kappa shape index (κ3) is 4.53. The highest BCUT2D eigenvalue weighted by Crippen LogP contribution is 2.20. The maximum Gasteiger partial charge on any atom is 0.329 e. The number of aromatic hydroxyl groups is 2. The van der Waals surface area contributed by atoms with Crippen LogP contribution < -0.4 is 10.7 Å². The third-order valence-corrected chi connectivity index (χ3v) is 2.69. The molecule has 0 fully saturated rings. The average molecular weight is 317 g/mol. The average Bonchev–Trinajstić information content (AvgIpc) is 2.51. The van der Waals surface area contributed by atoms with E-state index in [4.69, 9.17) is 5.11 Å². The van der Waals surface area contributed by atoms with Crippen LogP contribution in [0.25, 0.3) is 0 Å². The molecule has 0 bridgehead atoms. The minimum Gasteiger partial charge on any atom is -0.508 e. The zero-order valence-electron chi connectivity index (χ0n) is 11.7. The Hall–Kier alpha value is -3.42. The summed E-state index contributed by atoms with van der Waals surface area (Å²) < 4.78 is 12.7. The summed E-state index contributed by atoms with van der Waals surface area (Å²) in [6, 6.07) is 8.68. The first kappa shape index (κ1) is 16.0.